The summed E-state index contributed by atoms with van der Waals surface area (Å²) in [6.07, 6.45) is 5.26. The molecule has 0 unspecified atom stereocenters. The van der Waals surface area contributed by atoms with Crippen LogP contribution in [0.15, 0.2) is 0 Å². The van der Waals surface area contributed by atoms with Gasteiger partial charge < -0.3 is 19.3 Å². The highest BCUT2D eigenvalue weighted by Crippen LogP contribution is 2.51. The van der Waals surface area contributed by atoms with Crippen LogP contribution in [0.3, 0.4) is 0 Å². The molecule has 0 saturated carbocycles. The highest BCUT2D eigenvalue weighted by Gasteiger charge is 2.61. The zero-order valence-electron chi connectivity index (χ0n) is 18.5. The molecule has 8 atom stereocenters. The molecule has 4 fully saturated rings. The van der Waals surface area contributed by atoms with Crippen LogP contribution in [-0.4, -0.2) is 53.2 Å². The minimum atomic E-state index is -0.854. The Balaban J connectivity index is 1.42. The van der Waals surface area contributed by atoms with E-state index >= 15 is 0 Å². The van der Waals surface area contributed by atoms with Crippen LogP contribution in [0.4, 0.5) is 0 Å². The average molecular weight is 424 g/mol. The van der Waals surface area contributed by atoms with Crippen molar-refractivity contribution in [2.45, 2.75) is 108 Å². The number of carbonyl (C=O) groups excluding carboxylic acids is 1. The molecule has 0 radical (unpaired) electrons. The molecule has 4 aliphatic rings. The molecule has 0 aromatic carbocycles. The van der Waals surface area contributed by atoms with Gasteiger partial charge in [-0.1, -0.05) is 20.8 Å². The smallest absolute Gasteiger partial charge is 0.303 e. The van der Waals surface area contributed by atoms with Gasteiger partial charge >= 0.3 is 5.97 Å². The van der Waals surface area contributed by atoms with E-state index in [1.54, 1.807) is 0 Å². The number of rotatable bonds is 7. The molecule has 7 heteroatoms. The van der Waals surface area contributed by atoms with E-state index in [0.717, 1.165) is 32.2 Å². The molecule has 7 nitrogen and oxygen atoms in total. The van der Waals surface area contributed by atoms with Gasteiger partial charge in [0.25, 0.3) is 0 Å². The van der Waals surface area contributed by atoms with E-state index in [9.17, 15) is 9.59 Å². The molecule has 4 saturated heterocycles. The Hall–Kier alpha value is -1.02. The highest BCUT2D eigenvalue weighted by atomic mass is 16.7. The van der Waals surface area contributed by atoms with Gasteiger partial charge in [-0.25, -0.2) is 0 Å². The SMILES string of the molecule is C[C@H]1CN[C@]2(C[C@H]3O[C@]4(CC(=O)CCCCC(=O)O)C[C@@H](C)C[C@@H](O4)[C@H]3O2)[C@@H](C)C1. The van der Waals surface area contributed by atoms with E-state index < -0.39 is 11.8 Å². The van der Waals surface area contributed by atoms with Gasteiger partial charge in [0.05, 0.1) is 18.6 Å². The van der Waals surface area contributed by atoms with Crippen molar-refractivity contribution in [1.82, 2.24) is 5.32 Å². The highest BCUT2D eigenvalue weighted by molar-refractivity contribution is 5.79. The number of hydrogen-bond donors (Lipinski definition) is 2. The number of unbranched alkanes of at least 4 members (excludes halogenated alkanes) is 1. The second-order valence-electron chi connectivity index (χ2n) is 10.4. The summed E-state index contributed by atoms with van der Waals surface area (Å²) in [4.78, 5) is 23.4. The van der Waals surface area contributed by atoms with Gasteiger partial charge in [-0.3, -0.25) is 14.9 Å². The number of ketones is 1. The Morgan fingerprint density at radius 3 is 2.43 bits per heavy atom. The minimum absolute atomic E-state index is 0.0416. The molecule has 0 amide bonds. The van der Waals surface area contributed by atoms with Crippen LogP contribution >= 0.6 is 0 Å². The molecule has 4 heterocycles. The predicted octanol–water partition coefficient (Wildman–Crippen LogP) is 3.25. The summed E-state index contributed by atoms with van der Waals surface area (Å²) in [7, 11) is 0. The second kappa shape index (κ2) is 8.49. The summed E-state index contributed by atoms with van der Waals surface area (Å²) in [5.41, 5.74) is -0.353. The first kappa shape index (κ1) is 22.2. The van der Waals surface area contributed by atoms with Gasteiger partial charge in [-0.05, 0) is 43.4 Å². The molecule has 1 spiro atoms. The monoisotopic (exact) mass is 423 g/mol. The molecule has 2 N–H and O–H groups in total. The van der Waals surface area contributed by atoms with Crippen LogP contribution < -0.4 is 5.32 Å². The number of carboxylic acid groups (broad SMARTS) is 1. The maximum atomic E-state index is 12.7. The quantitative estimate of drug-likeness (QED) is 0.607. The Morgan fingerprint density at radius 1 is 0.967 bits per heavy atom. The topological polar surface area (TPSA) is 94.1 Å². The maximum absolute atomic E-state index is 12.7. The largest absolute Gasteiger partial charge is 0.481 e. The standard InChI is InChI=1S/C23H37NO6/c1-14-9-18-21-19(12-23(30-21)16(3)8-15(2)13-24-23)29-22(10-14,28-18)11-17(25)6-4-5-7-20(26)27/h14-16,18-19,21,24H,4-13H2,1-3H3,(H,26,27)/t14-,15+,16-,18+,19+,21+,22-,23-/m0/s1. The van der Waals surface area contributed by atoms with E-state index in [4.69, 9.17) is 19.3 Å². The fraction of sp³-hybridized carbons (Fsp3) is 0.913. The van der Waals surface area contributed by atoms with E-state index in [0.29, 0.717) is 37.0 Å². The first-order valence-electron chi connectivity index (χ1n) is 11.7. The molecule has 4 rings (SSSR count). The van der Waals surface area contributed by atoms with Gasteiger partial charge in [0.15, 0.2) is 5.79 Å². The van der Waals surface area contributed by atoms with Crippen molar-refractivity contribution in [3.8, 4) is 0 Å². The molecule has 2 bridgehead atoms. The van der Waals surface area contributed by atoms with Crippen LogP contribution in [0.5, 0.6) is 0 Å². The van der Waals surface area contributed by atoms with E-state index in [-0.39, 0.29) is 42.7 Å². The zero-order valence-corrected chi connectivity index (χ0v) is 18.5. The summed E-state index contributed by atoms with van der Waals surface area (Å²) < 4.78 is 19.6. The summed E-state index contributed by atoms with van der Waals surface area (Å²) in [5.74, 6) is -0.129. The normalized spacial score (nSPS) is 45.3. The van der Waals surface area contributed by atoms with Crippen molar-refractivity contribution >= 4 is 11.8 Å². The Kier molecular flexibility index (Phi) is 6.28. The van der Waals surface area contributed by atoms with Gasteiger partial charge in [0.2, 0.25) is 0 Å². The lowest BCUT2D eigenvalue weighted by molar-refractivity contribution is -0.363. The molecule has 0 aliphatic carbocycles. The van der Waals surface area contributed by atoms with E-state index in [1.165, 1.54) is 0 Å². The van der Waals surface area contributed by atoms with Gasteiger partial charge in [-0.15, -0.1) is 0 Å². The number of carboxylic acids is 1. The lowest BCUT2D eigenvalue weighted by Crippen LogP contribution is -2.60. The lowest BCUT2D eigenvalue weighted by Gasteiger charge is -2.51. The third-order valence-electron chi connectivity index (χ3n) is 7.47. The van der Waals surface area contributed by atoms with E-state index in [1.807, 2.05) is 0 Å². The number of Topliss-reactive ketones (excluding diaryl/α,β-unsaturated/α-hetero) is 1. The number of ether oxygens (including phenoxy) is 3. The van der Waals surface area contributed by atoms with Gasteiger partial charge in [-0.2, -0.15) is 0 Å². The molecule has 30 heavy (non-hydrogen) atoms. The van der Waals surface area contributed by atoms with Crippen molar-refractivity contribution in [1.29, 1.82) is 0 Å². The molecule has 170 valence electrons. The second-order valence-corrected chi connectivity index (χ2v) is 10.4. The number of piperidine rings is 1. The summed E-state index contributed by atoms with van der Waals surface area (Å²) in [5, 5.41) is 12.4. The van der Waals surface area contributed by atoms with Crippen molar-refractivity contribution < 1.29 is 28.9 Å². The Morgan fingerprint density at radius 2 is 1.70 bits per heavy atom. The summed E-state index contributed by atoms with van der Waals surface area (Å²) >= 11 is 0. The number of carbonyl (C=O) groups is 2. The van der Waals surface area contributed by atoms with Crippen LogP contribution in [0.1, 0.15) is 78.6 Å². The number of aliphatic carboxylic acids is 1. The fourth-order valence-corrected chi connectivity index (χ4v) is 6.11. The van der Waals surface area contributed by atoms with E-state index in [2.05, 4.69) is 26.1 Å². The average Bonchev–Trinajstić information content (AvgIpc) is 3.01. The Labute approximate surface area is 179 Å². The summed E-state index contributed by atoms with van der Waals surface area (Å²) in [6, 6.07) is 0. The molecular formula is C23H37NO6. The predicted molar refractivity (Wildman–Crippen MR) is 110 cm³/mol. The summed E-state index contributed by atoms with van der Waals surface area (Å²) in [6.45, 7) is 7.67. The van der Waals surface area contributed by atoms with Crippen molar-refractivity contribution in [3.05, 3.63) is 0 Å². The van der Waals surface area contributed by atoms with Crippen LogP contribution in [0.2, 0.25) is 0 Å². The lowest BCUT2D eigenvalue weighted by atomic mass is 9.80. The van der Waals surface area contributed by atoms with Crippen LogP contribution in [0, 0.1) is 17.8 Å². The minimum Gasteiger partial charge on any atom is -0.481 e. The first-order chi connectivity index (χ1) is 14.2. The van der Waals surface area contributed by atoms with Gasteiger partial charge in [0.1, 0.15) is 17.6 Å². The molecule has 4 aliphatic heterocycles. The van der Waals surface area contributed by atoms with Crippen LogP contribution in [-0.2, 0) is 23.8 Å². The maximum Gasteiger partial charge on any atom is 0.303 e. The van der Waals surface area contributed by atoms with Crippen molar-refractivity contribution in [3.63, 3.8) is 0 Å². The number of fused-ring (bicyclic) bond motifs is 4. The number of hydrogen-bond acceptors (Lipinski definition) is 6. The van der Waals surface area contributed by atoms with Gasteiger partial charge in [0, 0.05) is 32.2 Å². The fourth-order valence-electron chi connectivity index (χ4n) is 6.11. The molecule has 0 aromatic heterocycles. The van der Waals surface area contributed by atoms with Crippen LogP contribution in [0.25, 0.3) is 0 Å². The Bertz CT molecular complexity index is 670. The third-order valence-corrected chi connectivity index (χ3v) is 7.47. The first-order valence-corrected chi connectivity index (χ1v) is 11.7. The molecule has 0 aromatic rings. The zero-order chi connectivity index (χ0) is 21.5. The number of nitrogens with one attached hydrogen (secondary N) is 1. The van der Waals surface area contributed by atoms with Crippen molar-refractivity contribution in [2.24, 2.45) is 17.8 Å². The third kappa shape index (κ3) is 4.45. The molecular weight excluding hydrogens is 386 g/mol. The van der Waals surface area contributed by atoms with Crippen molar-refractivity contribution in [2.75, 3.05) is 6.54 Å².